The lowest BCUT2D eigenvalue weighted by atomic mass is 10.2. The summed E-state index contributed by atoms with van der Waals surface area (Å²) in [7, 11) is 1.52. The van der Waals surface area contributed by atoms with Gasteiger partial charge in [0, 0.05) is 7.11 Å². The van der Waals surface area contributed by atoms with Crippen LogP contribution in [0.4, 0.5) is 0 Å². The average molecular weight is 174 g/mol. The Morgan fingerprint density at radius 1 is 1.33 bits per heavy atom. The predicted octanol–water partition coefficient (Wildman–Crippen LogP) is 1.75. The first-order chi connectivity index (χ1) is 5.65. The van der Waals surface area contributed by atoms with Gasteiger partial charge in [-0.15, -0.1) is 0 Å². The van der Waals surface area contributed by atoms with E-state index in [0.717, 1.165) is 6.42 Å². The third-order valence-corrected chi connectivity index (χ3v) is 1.81. The Bertz CT molecular complexity index is 130. The van der Waals surface area contributed by atoms with Crippen LogP contribution in [0.5, 0.6) is 0 Å². The van der Waals surface area contributed by atoms with E-state index in [1.807, 2.05) is 20.8 Å². The molecule has 0 N–H and O–H groups in total. The van der Waals surface area contributed by atoms with Crippen LogP contribution >= 0.6 is 0 Å². The minimum absolute atomic E-state index is 0.0123. The maximum atomic E-state index is 11.2. The summed E-state index contributed by atoms with van der Waals surface area (Å²) in [4.78, 5) is 11.2. The monoisotopic (exact) mass is 174 g/mol. The largest absolute Gasteiger partial charge is 0.461 e. The van der Waals surface area contributed by atoms with Crippen molar-refractivity contribution in [2.24, 2.45) is 0 Å². The second-order valence-electron chi connectivity index (χ2n) is 2.79. The van der Waals surface area contributed by atoms with Gasteiger partial charge in [0.2, 0.25) is 0 Å². The molecular formula is C9H18O3. The van der Waals surface area contributed by atoms with Crippen LogP contribution in [0.2, 0.25) is 0 Å². The van der Waals surface area contributed by atoms with Gasteiger partial charge >= 0.3 is 5.97 Å². The number of hydrogen-bond acceptors (Lipinski definition) is 3. The lowest BCUT2D eigenvalue weighted by Crippen LogP contribution is -2.27. The molecule has 72 valence electrons. The molecule has 0 rings (SSSR count). The van der Waals surface area contributed by atoms with E-state index in [1.165, 1.54) is 7.11 Å². The summed E-state index contributed by atoms with van der Waals surface area (Å²) in [5.74, 6) is -0.255. The fraction of sp³-hybridized carbons (Fsp3) is 0.889. The molecule has 0 aromatic heterocycles. The van der Waals surface area contributed by atoms with Crippen LogP contribution in [0.25, 0.3) is 0 Å². The number of carbonyl (C=O) groups excluding carboxylic acids is 1. The molecule has 0 aromatic rings. The van der Waals surface area contributed by atoms with Gasteiger partial charge in [-0.05, 0) is 19.8 Å². The maximum Gasteiger partial charge on any atom is 0.335 e. The molecule has 0 aliphatic carbocycles. The van der Waals surface area contributed by atoms with Crippen LogP contribution in [0.3, 0.4) is 0 Å². The van der Waals surface area contributed by atoms with Gasteiger partial charge in [0.15, 0.2) is 6.10 Å². The van der Waals surface area contributed by atoms with Crippen molar-refractivity contribution in [2.45, 2.75) is 45.8 Å². The van der Waals surface area contributed by atoms with Crippen molar-refractivity contribution < 1.29 is 14.3 Å². The van der Waals surface area contributed by atoms with Gasteiger partial charge < -0.3 is 9.47 Å². The van der Waals surface area contributed by atoms with Crippen molar-refractivity contribution in [3.05, 3.63) is 0 Å². The summed E-state index contributed by atoms with van der Waals surface area (Å²) in [6.07, 6.45) is 1.08. The zero-order valence-electron chi connectivity index (χ0n) is 8.29. The van der Waals surface area contributed by atoms with Crippen molar-refractivity contribution in [2.75, 3.05) is 7.11 Å². The van der Waals surface area contributed by atoms with Gasteiger partial charge in [0.1, 0.15) is 0 Å². The lowest BCUT2D eigenvalue weighted by Gasteiger charge is -2.15. The summed E-state index contributed by atoms with van der Waals surface area (Å²) < 4.78 is 10.0. The lowest BCUT2D eigenvalue weighted by molar-refractivity contribution is -0.160. The molecule has 3 nitrogen and oxygen atoms in total. The number of carbonyl (C=O) groups is 1. The molecule has 2 atom stereocenters. The number of methoxy groups -OCH3 is 1. The summed E-state index contributed by atoms with van der Waals surface area (Å²) in [6, 6.07) is 0. The van der Waals surface area contributed by atoms with Crippen LogP contribution < -0.4 is 0 Å². The predicted molar refractivity (Wildman–Crippen MR) is 46.9 cm³/mol. The molecule has 0 spiro atoms. The average Bonchev–Trinajstić information content (AvgIpc) is 2.06. The first kappa shape index (κ1) is 11.4. The third-order valence-electron chi connectivity index (χ3n) is 1.81. The smallest absolute Gasteiger partial charge is 0.335 e. The molecule has 0 fully saturated rings. The van der Waals surface area contributed by atoms with Crippen LogP contribution in [0.15, 0.2) is 0 Å². The minimum atomic E-state index is -0.404. The van der Waals surface area contributed by atoms with Gasteiger partial charge in [0.05, 0.1) is 6.10 Å². The SMILES string of the molecule is CCC(C)OC(=O)C(CC)OC. The summed E-state index contributed by atoms with van der Waals surface area (Å²) in [5.41, 5.74) is 0. The van der Waals surface area contributed by atoms with E-state index in [0.29, 0.717) is 6.42 Å². The third kappa shape index (κ3) is 3.72. The molecule has 12 heavy (non-hydrogen) atoms. The molecular weight excluding hydrogens is 156 g/mol. The Morgan fingerprint density at radius 3 is 2.25 bits per heavy atom. The van der Waals surface area contributed by atoms with E-state index in [2.05, 4.69) is 0 Å². The molecule has 3 heteroatoms. The van der Waals surface area contributed by atoms with Gasteiger partial charge in [-0.3, -0.25) is 0 Å². The fourth-order valence-electron chi connectivity index (χ4n) is 0.787. The Labute approximate surface area is 74.0 Å². The van der Waals surface area contributed by atoms with Crippen molar-refractivity contribution >= 4 is 5.97 Å². The van der Waals surface area contributed by atoms with E-state index in [1.54, 1.807) is 0 Å². The van der Waals surface area contributed by atoms with Crippen molar-refractivity contribution in [1.82, 2.24) is 0 Å². The number of esters is 1. The Morgan fingerprint density at radius 2 is 1.92 bits per heavy atom. The highest BCUT2D eigenvalue weighted by Crippen LogP contribution is 2.03. The van der Waals surface area contributed by atoms with E-state index in [-0.39, 0.29) is 12.1 Å². The molecule has 0 saturated carbocycles. The van der Waals surface area contributed by atoms with Gasteiger partial charge in [-0.1, -0.05) is 13.8 Å². The van der Waals surface area contributed by atoms with Gasteiger partial charge in [-0.2, -0.15) is 0 Å². The highest BCUT2D eigenvalue weighted by molar-refractivity contribution is 5.74. The number of ether oxygens (including phenoxy) is 2. The second kappa shape index (κ2) is 6.00. The van der Waals surface area contributed by atoms with Crippen LogP contribution in [-0.2, 0) is 14.3 Å². The highest BCUT2D eigenvalue weighted by atomic mass is 16.6. The van der Waals surface area contributed by atoms with Crippen molar-refractivity contribution in [3.8, 4) is 0 Å². The normalized spacial score (nSPS) is 15.3. The summed E-state index contributed by atoms with van der Waals surface area (Å²) >= 11 is 0. The Hall–Kier alpha value is -0.570. The first-order valence-corrected chi connectivity index (χ1v) is 4.38. The topological polar surface area (TPSA) is 35.5 Å². The zero-order chi connectivity index (χ0) is 9.56. The standard InChI is InChI=1S/C9H18O3/c1-5-7(3)12-9(10)8(6-2)11-4/h7-8H,5-6H2,1-4H3. The maximum absolute atomic E-state index is 11.2. The molecule has 0 saturated heterocycles. The van der Waals surface area contributed by atoms with Gasteiger partial charge in [0.25, 0.3) is 0 Å². The first-order valence-electron chi connectivity index (χ1n) is 4.38. The molecule has 0 aliphatic heterocycles. The van der Waals surface area contributed by atoms with Gasteiger partial charge in [-0.25, -0.2) is 4.79 Å². The number of rotatable bonds is 5. The summed E-state index contributed by atoms with van der Waals surface area (Å²) in [6.45, 7) is 5.75. The summed E-state index contributed by atoms with van der Waals surface area (Å²) in [5, 5.41) is 0. The Balaban J connectivity index is 3.84. The molecule has 0 bridgehead atoms. The molecule has 0 heterocycles. The van der Waals surface area contributed by atoms with Crippen molar-refractivity contribution in [3.63, 3.8) is 0 Å². The van der Waals surface area contributed by atoms with E-state index in [9.17, 15) is 4.79 Å². The zero-order valence-corrected chi connectivity index (χ0v) is 8.29. The second-order valence-corrected chi connectivity index (χ2v) is 2.79. The van der Waals surface area contributed by atoms with E-state index < -0.39 is 6.10 Å². The van der Waals surface area contributed by atoms with E-state index in [4.69, 9.17) is 9.47 Å². The van der Waals surface area contributed by atoms with Crippen LogP contribution in [0.1, 0.15) is 33.6 Å². The molecule has 0 aliphatic rings. The fourth-order valence-corrected chi connectivity index (χ4v) is 0.787. The minimum Gasteiger partial charge on any atom is -0.461 e. The van der Waals surface area contributed by atoms with Crippen LogP contribution in [-0.4, -0.2) is 25.3 Å². The molecule has 0 amide bonds. The van der Waals surface area contributed by atoms with E-state index >= 15 is 0 Å². The highest BCUT2D eigenvalue weighted by Gasteiger charge is 2.18. The van der Waals surface area contributed by atoms with Crippen LogP contribution in [0, 0.1) is 0 Å². The number of hydrogen-bond donors (Lipinski definition) is 0. The molecule has 2 unspecified atom stereocenters. The quantitative estimate of drug-likeness (QED) is 0.596. The van der Waals surface area contributed by atoms with Crippen molar-refractivity contribution in [1.29, 1.82) is 0 Å². The molecule has 0 aromatic carbocycles. The molecule has 0 radical (unpaired) electrons. The Kier molecular flexibility index (Phi) is 5.72.